The predicted octanol–water partition coefficient (Wildman–Crippen LogP) is 2.61. The van der Waals surface area contributed by atoms with E-state index in [-0.39, 0.29) is 17.9 Å². The second-order valence-corrected chi connectivity index (χ2v) is 6.31. The molecule has 0 saturated carbocycles. The Morgan fingerprint density at radius 3 is 2.44 bits per heavy atom. The molecule has 1 saturated heterocycles. The van der Waals surface area contributed by atoms with E-state index >= 15 is 0 Å². The molecule has 132 valence electrons. The van der Waals surface area contributed by atoms with E-state index in [1.54, 1.807) is 24.5 Å². The maximum absolute atomic E-state index is 13.2. The van der Waals surface area contributed by atoms with Crippen LogP contribution in [-0.2, 0) is 0 Å². The van der Waals surface area contributed by atoms with Crippen molar-refractivity contribution in [2.75, 3.05) is 19.6 Å². The van der Waals surface area contributed by atoms with Crippen LogP contribution in [0.4, 0.5) is 9.18 Å². The Hall–Kier alpha value is -2.47. The lowest BCUT2D eigenvalue weighted by Crippen LogP contribution is -2.42. The number of nitrogens with zero attached hydrogens (tertiary/aromatic N) is 1. The van der Waals surface area contributed by atoms with E-state index in [0.29, 0.717) is 12.5 Å². The molecule has 0 bridgehead atoms. The van der Waals surface area contributed by atoms with Crippen LogP contribution in [0.15, 0.2) is 48.8 Å². The molecular formula is C19H23FN4O. The number of urea groups is 1. The van der Waals surface area contributed by atoms with E-state index in [4.69, 9.17) is 0 Å². The number of carbonyl (C=O) groups excluding carboxylic acids is 1. The summed E-state index contributed by atoms with van der Waals surface area (Å²) < 4.78 is 13.2. The van der Waals surface area contributed by atoms with Crippen LogP contribution < -0.4 is 16.0 Å². The molecule has 1 aliphatic heterocycles. The zero-order valence-corrected chi connectivity index (χ0v) is 14.0. The van der Waals surface area contributed by atoms with Gasteiger partial charge in [0.15, 0.2) is 0 Å². The fraction of sp³-hybridized carbons (Fsp3) is 0.368. The molecule has 5 nitrogen and oxygen atoms in total. The maximum atomic E-state index is 13.2. The number of benzene rings is 1. The van der Waals surface area contributed by atoms with E-state index in [0.717, 1.165) is 37.1 Å². The van der Waals surface area contributed by atoms with Crippen LogP contribution in [0.5, 0.6) is 0 Å². The predicted molar refractivity (Wildman–Crippen MR) is 94.6 cm³/mol. The lowest BCUT2D eigenvalue weighted by molar-refractivity contribution is 0.234. The minimum Gasteiger partial charge on any atom is -0.338 e. The second-order valence-electron chi connectivity index (χ2n) is 6.31. The first-order valence-corrected chi connectivity index (χ1v) is 8.63. The number of pyridine rings is 1. The number of rotatable bonds is 5. The van der Waals surface area contributed by atoms with Crippen molar-refractivity contribution in [2.45, 2.75) is 18.9 Å². The molecule has 6 heteroatoms. The number of aromatic nitrogens is 1. The molecule has 2 aromatic rings. The number of carbonyl (C=O) groups is 1. The van der Waals surface area contributed by atoms with E-state index in [2.05, 4.69) is 20.9 Å². The zero-order valence-electron chi connectivity index (χ0n) is 14.0. The van der Waals surface area contributed by atoms with Crippen molar-refractivity contribution in [3.8, 4) is 0 Å². The summed E-state index contributed by atoms with van der Waals surface area (Å²) in [4.78, 5) is 16.4. The monoisotopic (exact) mass is 342 g/mol. The molecule has 1 aromatic carbocycles. The van der Waals surface area contributed by atoms with E-state index in [9.17, 15) is 9.18 Å². The molecule has 0 aliphatic carbocycles. The molecule has 25 heavy (non-hydrogen) atoms. The summed E-state index contributed by atoms with van der Waals surface area (Å²) in [6.45, 7) is 2.67. The van der Waals surface area contributed by atoms with Crippen molar-refractivity contribution in [1.82, 2.24) is 20.9 Å². The fourth-order valence-corrected chi connectivity index (χ4v) is 3.08. The van der Waals surface area contributed by atoms with Crippen LogP contribution in [0.25, 0.3) is 0 Å². The third-order valence-corrected chi connectivity index (χ3v) is 4.53. The Balaban J connectivity index is 1.66. The Morgan fingerprint density at radius 1 is 1.12 bits per heavy atom. The fourth-order valence-electron chi connectivity index (χ4n) is 3.08. The average Bonchev–Trinajstić information content (AvgIpc) is 2.67. The summed E-state index contributed by atoms with van der Waals surface area (Å²) >= 11 is 0. The minimum atomic E-state index is -0.350. The minimum absolute atomic E-state index is 0.218. The molecule has 3 N–H and O–H groups in total. The van der Waals surface area contributed by atoms with Gasteiger partial charge in [0.05, 0.1) is 6.04 Å². The number of hydrogen-bond acceptors (Lipinski definition) is 3. The number of halogens is 1. The average molecular weight is 342 g/mol. The maximum Gasteiger partial charge on any atom is 0.315 e. The summed E-state index contributed by atoms with van der Waals surface area (Å²) in [7, 11) is 0. The van der Waals surface area contributed by atoms with E-state index < -0.39 is 0 Å². The molecule has 3 rings (SSSR count). The highest BCUT2D eigenvalue weighted by Gasteiger charge is 2.18. The highest BCUT2D eigenvalue weighted by molar-refractivity contribution is 5.75. The number of hydrogen-bond donors (Lipinski definition) is 3. The van der Waals surface area contributed by atoms with Crippen LogP contribution in [0, 0.1) is 11.7 Å². The second kappa shape index (κ2) is 8.58. The quantitative estimate of drug-likeness (QED) is 0.782. The molecule has 1 atom stereocenters. The number of piperidine rings is 1. The topological polar surface area (TPSA) is 66.1 Å². The molecule has 1 aliphatic rings. The lowest BCUT2D eigenvalue weighted by Gasteiger charge is -2.24. The lowest BCUT2D eigenvalue weighted by atomic mass is 9.98. The first-order chi connectivity index (χ1) is 12.2. The van der Waals surface area contributed by atoms with Gasteiger partial charge >= 0.3 is 6.03 Å². The summed E-state index contributed by atoms with van der Waals surface area (Å²) in [6, 6.07) is 9.31. The van der Waals surface area contributed by atoms with Gasteiger partial charge in [-0.3, -0.25) is 4.98 Å². The summed E-state index contributed by atoms with van der Waals surface area (Å²) in [5.41, 5.74) is 1.73. The van der Waals surface area contributed by atoms with Gasteiger partial charge in [0, 0.05) is 18.9 Å². The van der Waals surface area contributed by atoms with Crippen LogP contribution in [-0.4, -0.2) is 30.6 Å². The molecule has 0 spiro atoms. The molecule has 2 amide bonds. The van der Waals surface area contributed by atoms with Gasteiger partial charge in [-0.05, 0) is 67.2 Å². The third-order valence-electron chi connectivity index (χ3n) is 4.53. The molecule has 0 radical (unpaired) electrons. The normalized spacial score (nSPS) is 16.2. The first kappa shape index (κ1) is 17.4. The van der Waals surface area contributed by atoms with Crippen molar-refractivity contribution in [1.29, 1.82) is 0 Å². The van der Waals surface area contributed by atoms with Crippen molar-refractivity contribution in [3.63, 3.8) is 0 Å². The van der Waals surface area contributed by atoms with Crippen molar-refractivity contribution in [2.24, 2.45) is 5.92 Å². The van der Waals surface area contributed by atoms with E-state index in [1.807, 2.05) is 12.1 Å². The summed E-state index contributed by atoms with van der Waals surface area (Å²) in [5, 5.41) is 9.28. The number of nitrogens with one attached hydrogen (secondary N) is 3. The Kier molecular flexibility index (Phi) is 5.95. The van der Waals surface area contributed by atoms with Crippen LogP contribution in [0.1, 0.15) is 30.0 Å². The Labute approximate surface area is 147 Å². The molecule has 0 unspecified atom stereocenters. The Bertz CT molecular complexity index is 672. The van der Waals surface area contributed by atoms with Gasteiger partial charge in [-0.1, -0.05) is 12.1 Å². The molecular weight excluding hydrogens is 319 g/mol. The smallest absolute Gasteiger partial charge is 0.315 e. The SMILES string of the molecule is O=C(NCC1CCNCC1)N[C@H](c1ccncc1)c1ccc(F)cc1. The number of amides is 2. The zero-order chi connectivity index (χ0) is 17.5. The van der Waals surface area contributed by atoms with Gasteiger partial charge in [0.25, 0.3) is 0 Å². The highest BCUT2D eigenvalue weighted by Crippen LogP contribution is 2.22. The van der Waals surface area contributed by atoms with Gasteiger partial charge in [-0.2, -0.15) is 0 Å². The Morgan fingerprint density at radius 2 is 1.76 bits per heavy atom. The standard InChI is InChI=1S/C19H23FN4O/c20-17-3-1-15(2-4-17)18(16-7-11-22-12-8-16)24-19(25)23-13-14-5-9-21-10-6-14/h1-4,7-8,11-12,14,18,21H,5-6,9-10,13H2,(H2,23,24,25)/t18-/m0/s1. The highest BCUT2D eigenvalue weighted by atomic mass is 19.1. The van der Waals surface area contributed by atoms with Gasteiger partial charge in [0.1, 0.15) is 5.82 Å². The van der Waals surface area contributed by atoms with Gasteiger partial charge < -0.3 is 16.0 Å². The summed E-state index contributed by atoms with van der Waals surface area (Å²) in [6.07, 6.45) is 5.51. The summed E-state index contributed by atoms with van der Waals surface area (Å²) in [5.74, 6) is 0.213. The van der Waals surface area contributed by atoms with E-state index in [1.165, 1.54) is 12.1 Å². The van der Waals surface area contributed by atoms with Crippen molar-refractivity contribution >= 4 is 6.03 Å². The van der Waals surface area contributed by atoms with Gasteiger partial charge in [-0.25, -0.2) is 9.18 Å². The van der Waals surface area contributed by atoms with Crippen LogP contribution in [0.2, 0.25) is 0 Å². The van der Waals surface area contributed by atoms with Crippen LogP contribution in [0.3, 0.4) is 0 Å². The van der Waals surface area contributed by atoms with Crippen LogP contribution >= 0.6 is 0 Å². The van der Waals surface area contributed by atoms with Crippen molar-refractivity contribution in [3.05, 3.63) is 65.7 Å². The van der Waals surface area contributed by atoms with Gasteiger partial charge in [0.2, 0.25) is 0 Å². The third kappa shape index (κ3) is 5.00. The van der Waals surface area contributed by atoms with Crippen molar-refractivity contribution < 1.29 is 9.18 Å². The molecule has 1 aromatic heterocycles. The van der Waals surface area contributed by atoms with Gasteiger partial charge in [-0.15, -0.1) is 0 Å². The largest absolute Gasteiger partial charge is 0.338 e. The first-order valence-electron chi connectivity index (χ1n) is 8.63. The molecule has 2 heterocycles. The molecule has 1 fully saturated rings.